The number of benzene rings is 1. The Labute approximate surface area is 215 Å². The lowest BCUT2D eigenvalue weighted by Crippen LogP contribution is -2.29. The lowest BCUT2D eigenvalue weighted by Gasteiger charge is -2.28. The van der Waals surface area contributed by atoms with Gasteiger partial charge in [-0.15, -0.1) is 0 Å². The molecule has 36 heavy (non-hydrogen) atoms. The molecule has 0 bridgehead atoms. The molecule has 1 saturated heterocycles. The molecule has 1 aromatic carbocycles. The minimum Gasteiger partial charge on any atom is -0.478 e. The van der Waals surface area contributed by atoms with Crippen LogP contribution in [0.1, 0.15) is 56.2 Å². The van der Waals surface area contributed by atoms with Crippen LogP contribution in [-0.4, -0.2) is 35.6 Å². The van der Waals surface area contributed by atoms with Crippen LogP contribution in [0.5, 0.6) is 0 Å². The van der Waals surface area contributed by atoms with Crippen molar-refractivity contribution in [1.82, 2.24) is 24.8 Å². The van der Waals surface area contributed by atoms with Gasteiger partial charge in [-0.3, -0.25) is 9.97 Å². The zero-order valence-corrected chi connectivity index (χ0v) is 21.2. The van der Waals surface area contributed by atoms with Crippen LogP contribution in [0.3, 0.4) is 0 Å². The Hall–Kier alpha value is -4.04. The summed E-state index contributed by atoms with van der Waals surface area (Å²) in [4.78, 5) is 22.8. The number of carboxylic acid groups (broad SMARTS) is 1. The van der Waals surface area contributed by atoms with Crippen LogP contribution in [0.4, 0.5) is 0 Å². The third-order valence-electron chi connectivity index (χ3n) is 6.76. The molecule has 2 N–H and O–H groups in total. The number of aryl methyl sites for hydroxylation is 2. The maximum atomic E-state index is 11.7. The van der Waals surface area contributed by atoms with Gasteiger partial charge in [0.1, 0.15) is 0 Å². The number of hydrogen-bond acceptors (Lipinski definition) is 4. The van der Waals surface area contributed by atoms with Crippen molar-refractivity contribution in [2.45, 2.75) is 39.4 Å². The molecule has 8 heteroatoms. The van der Waals surface area contributed by atoms with Crippen molar-refractivity contribution in [2.75, 3.05) is 0 Å². The van der Waals surface area contributed by atoms with Gasteiger partial charge in [-0.1, -0.05) is 18.2 Å². The summed E-state index contributed by atoms with van der Waals surface area (Å²) in [6.07, 6.45) is 5.42. The number of hydrogen-bond donors (Lipinski definition) is 2. The van der Waals surface area contributed by atoms with Gasteiger partial charge < -0.3 is 19.9 Å². The minimum atomic E-state index is -0.942. The Morgan fingerprint density at radius 3 is 2.61 bits per heavy atom. The fraction of sp³-hybridized carbons (Fsp3) is 0.214. The van der Waals surface area contributed by atoms with Crippen molar-refractivity contribution < 1.29 is 9.90 Å². The van der Waals surface area contributed by atoms with Crippen LogP contribution < -0.4 is 5.32 Å². The molecule has 0 spiro atoms. The van der Waals surface area contributed by atoms with E-state index in [-0.39, 0.29) is 17.6 Å². The van der Waals surface area contributed by atoms with E-state index >= 15 is 0 Å². The summed E-state index contributed by atoms with van der Waals surface area (Å²) in [7, 11) is 0. The highest BCUT2D eigenvalue weighted by atomic mass is 32.1. The van der Waals surface area contributed by atoms with Gasteiger partial charge in [0.05, 0.1) is 23.3 Å². The van der Waals surface area contributed by atoms with E-state index in [0.717, 1.165) is 39.5 Å². The van der Waals surface area contributed by atoms with Crippen LogP contribution in [0, 0.1) is 20.8 Å². The predicted molar refractivity (Wildman–Crippen MR) is 142 cm³/mol. The Kier molecular flexibility index (Phi) is 6.28. The quantitative estimate of drug-likeness (QED) is 0.360. The van der Waals surface area contributed by atoms with Crippen LogP contribution in [0.2, 0.25) is 0 Å². The number of carbonyl (C=O) groups is 1. The summed E-state index contributed by atoms with van der Waals surface area (Å²) in [6, 6.07) is 17.0. The van der Waals surface area contributed by atoms with E-state index in [9.17, 15) is 9.90 Å². The van der Waals surface area contributed by atoms with E-state index in [1.54, 1.807) is 24.5 Å². The molecule has 2 atom stereocenters. The standard InChI is InChI=1S/C28H27N5O2S/c1-17-9-10-21(27(34)35)14-24(17)33-18(2)13-22(19(33)3)26-25(23-8-4-5-12-30-23)31-28(36)32(26)16-20-7-6-11-29-15-20/h4-15,25-26H,16H2,1-3H3,(H,31,36)(H,34,35)/t25-,26-/m1/s1. The summed E-state index contributed by atoms with van der Waals surface area (Å²) in [5, 5.41) is 13.7. The van der Waals surface area contributed by atoms with Crippen molar-refractivity contribution in [3.05, 3.63) is 113 Å². The van der Waals surface area contributed by atoms with E-state index in [2.05, 4.69) is 37.7 Å². The van der Waals surface area contributed by atoms with Crippen LogP contribution in [-0.2, 0) is 6.54 Å². The molecule has 182 valence electrons. The van der Waals surface area contributed by atoms with Gasteiger partial charge in [0.25, 0.3) is 0 Å². The molecule has 0 radical (unpaired) electrons. The smallest absolute Gasteiger partial charge is 0.335 e. The fourth-order valence-electron chi connectivity index (χ4n) is 5.04. The second-order valence-electron chi connectivity index (χ2n) is 9.08. The van der Waals surface area contributed by atoms with Gasteiger partial charge in [0.2, 0.25) is 0 Å². The van der Waals surface area contributed by atoms with Crippen molar-refractivity contribution in [3.63, 3.8) is 0 Å². The molecule has 3 aromatic heterocycles. The summed E-state index contributed by atoms with van der Waals surface area (Å²) < 4.78 is 2.14. The lowest BCUT2D eigenvalue weighted by molar-refractivity contribution is 0.0697. The van der Waals surface area contributed by atoms with Crippen molar-refractivity contribution in [2.24, 2.45) is 0 Å². The number of pyridine rings is 2. The van der Waals surface area contributed by atoms with Crippen molar-refractivity contribution in [3.8, 4) is 5.69 Å². The first-order valence-electron chi connectivity index (χ1n) is 11.7. The van der Waals surface area contributed by atoms with E-state index in [0.29, 0.717) is 11.7 Å². The number of aromatic nitrogens is 3. The Morgan fingerprint density at radius 1 is 1.08 bits per heavy atom. The maximum absolute atomic E-state index is 11.7. The third kappa shape index (κ3) is 4.24. The first-order chi connectivity index (χ1) is 17.3. The fourth-order valence-corrected chi connectivity index (χ4v) is 5.35. The van der Waals surface area contributed by atoms with E-state index in [4.69, 9.17) is 12.2 Å². The number of carboxylic acids is 1. The second kappa shape index (κ2) is 9.54. The molecule has 5 rings (SSSR count). The highest BCUT2D eigenvalue weighted by Gasteiger charge is 2.41. The normalized spacial score (nSPS) is 17.3. The molecule has 0 saturated carbocycles. The summed E-state index contributed by atoms with van der Waals surface area (Å²) >= 11 is 5.83. The van der Waals surface area contributed by atoms with Gasteiger partial charge in [-0.25, -0.2) is 4.79 Å². The SMILES string of the molecule is Cc1ccc(C(=O)O)cc1-n1c(C)cc([C@@H]2[C@@H](c3ccccn3)NC(=S)N2Cc2cccnc2)c1C. The Balaban J connectivity index is 1.64. The summed E-state index contributed by atoms with van der Waals surface area (Å²) in [6.45, 7) is 6.72. The molecule has 0 aliphatic carbocycles. The van der Waals surface area contributed by atoms with Gasteiger partial charge >= 0.3 is 5.97 Å². The molecule has 7 nitrogen and oxygen atoms in total. The number of aromatic carboxylic acids is 1. The lowest BCUT2D eigenvalue weighted by atomic mass is 9.96. The Bertz CT molecular complexity index is 1440. The number of nitrogens with one attached hydrogen (secondary N) is 1. The van der Waals surface area contributed by atoms with E-state index < -0.39 is 5.97 Å². The third-order valence-corrected chi connectivity index (χ3v) is 7.11. The minimum absolute atomic E-state index is 0.115. The highest BCUT2D eigenvalue weighted by Crippen LogP contribution is 2.42. The van der Waals surface area contributed by atoms with Crippen LogP contribution in [0.15, 0.2) is 73.2 Å². The number of rotatable bonds is 6. The first-order valence-corrected chi connectivity index (χ1v) is 12.2. The van der Waals surface area contributed by atoms with Gasteiger partial charge in [0.15, 0.2) is 5.11 Å². The molecule has 1 aliphatic rings. The molecule has 1 aliphatic heterocycles. The zero-order chi connectivity index (χ0) is 25.4. The molecule has 0 unspecified atom stereocenters. The Morgan fingerprint density at radius 2 is 1.92 bits per heavy atom. The molecule has 4 aromatic rings. The predicted octanol–water partition coefficient (Wildman–Crippen LogP) is 5.06. The highest BCUT2D eigenvalue weighted by molar-refractivity contribution is 7.80. The summed E-state index contributed by atoms with van der Waals surface area (Å²) in [5.41, 5.74) is 7.26. The molecule has 1 fully saturated rings. The topological polar surface area (TPSA) is 83.3 Å². The summed E-state index contributed by atoms with van der Waals surface area (Å²) in [5.74, 6) is -0.942. The monoisotopic (exact) mass is 497 g/mol. The van der Waals surface area contributed by atoms with Gasteiger partial charge in [-0.2, -0.15) is 0 Å². The largest absolute Gasteiger partial charge is 0.478 e. The van der Waals surface area contributed by atoms with Crippen LogP contribution >= 0.6 is 12.2 Å². The van der Waals surface area contributed by atoms with Gasteiger partial charge in [0, 0.05) is 42.2 Å². The molecular weight excluding hydrogens is 470 g/mol. The average Bonchev–Trinajstić information content (AvgIpc) is 3.35. The maximum Gasteiger partial charge on any atom is 0.335 e. The number of thiocarbonyl (C=S) groups is 1. The van der Waals surface area contributed by atoms with Crippen molar-refractivity contribution in [1.29, 1.82) is 0 Å². The van der Waals surface area contributed by atoms with Crippen LogP contribution in [0.25, 0.3) is 5.69 Å². The molecule has 4 heterocycles. The second-order valence-corrected chi connectivity index (χ2v) is 9.47. The molecule has 0 amide bonds. The first kappa shape index (κ1) is 23.7. The molecular formula is C28H27N5O2S. The van der Waals surface area contributed by atoms with Gasteiger partial charge in [-0.05, 0) is 86.1 Å². The van der Waals surface area contributed by atoms with E-state index in [1.807, 2.05) is 56.4 Å². The van der Waals surface area contributed by atoms with Crippen molar-refractivity contribution >= 4 is 23.3 Å². The zero-order valence-electron chi connectivity index (χ0n) is 20.3. The number of nitrogens with zero attached hydrogens (tertiary/aromatic N) is 4. The average molecular weight is 498 g/mol. The van der Waals surface area contributed by atoms with E-state index in [1.165, 1.54) is 0 Å².